The monoisotopic (exact) mass is 274 g/mol. The molecule has 0 radical (unpaired) electrons. The predicted octanol–water partition coefficient (Wildman–Crippen LogP) is 1.97. The molecule has 0 saturated heterocycles. The highest BCUT2D eigenvalue weighted by atomic mass is 19.3. The minimum atomic E-state index is -2.97. The van der Waals surface area contributed by atoms with Crippen LogP contribution >= 0.6 is 0 Å². The number of hydrogen-bond acceptors (Lipinski definition) is 4. The van der Waals surface area contributed by atoms with E-state index in [0.29, 0.717) is 5.75 Å². The van der Waals surface area contributed by atoms with E-state index in [1.807, 2.05) is 0 Å². The molecule has 1 rings (SSSR count). The van der Waals surface area contributed by atoms with E-state index in [1.54, 1.807) is 6.92 Å². The highest BCUT2D eigenvalue weighted by Gasteiger charge is 2.14. The number of nitrogens with one attached hydrogen (secondary N) is 1. The molecule has 0 aliphatic heterocycles. The van der Waals surface area contributed by atoms with Crippen LogP contribution in [-0.4, -0.2) is 25.7 Å². The average Bonchev–Trinajstić information content (AvgIpc) is 2.29. The van der Waals surface area contributed by atoms with E-state index in [4.69, 9.17) is 10.5 Å². The maximum absolute atomic E-state index is 12.2. The summed E-state index contributed by atoms with van der Waals surface area (Å²) in [5.41, 5.74) is 5.60. The number of hydrogen-bond donors (Lipinski definition) is 2. The van der Waals surface area contributed by atoms with Crippen LogP contribution in [0.5, 0.6) is 11.5 Å². The van der Waals surface area contributed by atoms with Crippen LogP contribution in [0.3, 0.4) is 0 Å². The van der Waals surface area contributed by atoms with Crippen molar-refractivity contribution in [2.45, 2.75) is 26.0 Å². The fourth-order valence-corrected chi connectivity index (χ4v) is 1.43. The van der Waals surface area contributed by atoms with E-state index < -0.39 is 6.61 Å². The standard InChI is InChI=1S/C12H16F2N2O3/c1-7(15)5-11(17)16-9-6-8(18-2)3-4-10(9)19-12(13)14/h3-4,6-7,12H,5,15H2,1-2H3,(H,16,17). The molecule has 0 aliphatic carbocycles. The fraction of sp³-hybridized carbons (Fsp3) is 0.417. The molecule has 0 aliphatic rings. The number of ether oxygens (including phenoxy) is 2. The molecule has 1 unspecified atom stereocenters. The molecular weight excluding hydrogens is 258 g/mol. The van der Waals surface area contributed by atoms with Crippen LogP contribution in [0.2, 0.25) is 0 Å². The minimum Gasteiger partial charge on any atom is -0.497 e. The maximum Gasteiger partial charge on any atom is 0.387 e. The molecule has 1 atom stereocenters. The molecule has 0 fully saturated rings. The Morgan fingerprint density at radius 2 is 2.16 bits per heavy atom. The van der Waals surface area contributed by atoms with Gasteiger partial charge in [-0.25, -0.2) is 0 Å². The normalized spacial score (nSPS) is 12.1. The molecule has 19 heavy (non-hydrogen) atoms. The molecule has 0 spiro atoms. The van der Waals surface area contributed by atoms with E-state index in [0.717, 1.165) is 0 Å². The smallest absolute Gasteiger partial charge is 0.387 e. The first kappa shape index (κ1) is 15.2. The van der Waals surface area contributed by atoms with Crippen molar-refractivity contribution in [3.8, 4) is 11.5 Å². The van der Waals surface area contributed by atoms with Gasteiger partial charge < -0.3 is 20.5 Å². The number of rotatable bonds is 6. The number of amides is 1. The van der Waals surface area contributed by atoms with E-state index >= 15 is 0 Å². The molecule has 0 aromatic heterocycles. The second-order valence-corrected chi connectivity index (χ2v) is 3.97. The molecular formula is C12H16F2N2O3. The lowest BCUT2D eigenvalue weighted by atomic mass is 10.2. The topological polar surface area (TPSA) is 73.6 Å². The number of carbonyl (C=O) groups is 1. The van der Waals surface area contributed by atoms with Crippen molar-refractivity contribution in [3.05, 3.63) is 18.2 Å². The first-order valence-electron chi connectivity index (χ1n) is 5.60. The number of alkyl halides is 2. The summed E-state index contributed by atoms with van der Waals surface area (Å²) >= 11 is 0. The zero-order valence-corrected chi connectivity index (χ0v) is 10.7. The van der Waals surface area contributed by atoms with Crippen molar-refractivity contribution in [3.63, 3.8) is 0 Å². The van der Waals surface area contributed by atoms with Crippen LogP contribution in [0.15, 0.2) is 18.2 Å². The minimum absolute atomic E-state index is 0.0747. The van der Waals surface area contributed by atoms with Gasteiger partial charge in [-0.3, -0.25) is 4.79 Å². The fourth-order valence-electron chi connectivity index (χ4n) is 1.43. The van der Waals surface area contributed by atoms with Crippen molar-refractivity contribution < 1.29 is 23.0 Å². The van der Waals surface area contributed by atoms with Gasteiger partial charge >= 0.3 is 6.61 Å². The molecule has 1 aromatic carbocycles. The van der Waals surface area contributed by atoms with Gasteiger partial charge in [0.15, 0.2) is 0 Å². The SMILES string of the molecule is COc1ccc(OC(F)F)c(NC(=O)CC(C)N)c1. The quantitative estimate of drug-likeness (QED) is 0.831. The Hall–Kier alpha value is -1.89. The van der Waals surface area contributed by atoms with Crippen LogP contribution in [-0.2, 0) is 4.79 Å². The molecule has 0 saturated carbocycles. The summed E-state index contributed by atoms with van der Waals surface area (Å²) in [5, 5.41) is 2.46. The highest BCUT2D eigenvalue weighted by molar-refractivity contribution is 5.92. The van der Waals surface area contributed by atoms with Crippen molar-refractivity contribution in [2.24, 2.45) is 5.73 Å². The molecule has 3 N–H and O–H groups in total. The number of benzene rings is 1. The molecule has 0 bridgehead atoms. The van der Waals surface area contributed by atoms with Crippen molar-refractivity contribution in [2.75, 3.05) is 12.4 Å². The van der Waals surface area contributed by atoms with Gasteiger partial charge in [0.25, 0.3) is 0 Å². The molecule has 5 nitrogen and oxygen atoms in total. The van der Waals surface area contributed by atoms with Gasteiger partial charge in [-0.05, 0) is 19.1 Å². The lowest BCUT2D eigenvalue weighted by Gasteiger charge is -2.13. The second kappa shape index (κ2) is 6.89. The number of halogens is 2. The summed E-state index contributed by atoms with van der Waals surface area (Å²) in [4.78, 5) is 11.6. The Balaban J connectivity index is 2.90. The van der Waals surface area contributed by atoms with Gasteiger partial charge in [-0.2, -0.15) is 8.78 Å². The number of methoxy groups -OCH3 is 1. The Labute approximate surface area is 109 Å². The first-order chi connectivity index (χ1) is 8.92. The zero-order valence-electron chi connectivity index (χ0n) is 10.7. The molecule has 1 aromatic rings. The first-order valence-corrected chi connectivity index (χ1v) is 5.60. The summed E-state index contributed by atoms with van der Waals surface area (Å²) in [5.74, 6) is -0.103. The summed E-state index contributed by atoms with van der Waals surface area (Å²) in [6.07, 6.45) is 0.0747. The van der Waals surface area contributed by atoms with E-state index in [2.05, 4.69) is 10.1 Å². The van der Waals surface area contributed by atoms with E-state index in [9.17, 15) is 13.6 Å². The molecule has 0 heterocycles. The van der Waals surface area contributed by atoms with E-state index in [1.165, 1.54) is 25.3 Å². The molecule has 106 valence electrons. The predicted molar refractivity (Wildman–Crippen MR) is 66.5 cm³/mol. The highest BCUT2D eigenvalue weighted by Crippen LogP contribution is 2.30. The third kappa shape index (κ3) is 5.09. The van der Waals surface area contributed by atoms with Crippen LogP contribution in [0.4, 0.5) is 14.5 Å². The van der Waals surface area contributed by atoms with E-state index in [-0.39, 0.29) is 29.8 Å². The Kier molecular flexibility index (Phi) is 5.50. The van der Waals surface area contributed by atoms with Crippen molar-refractivity contribution >= 4 is 11.6 Å². The average molecular weight is 274 g/mol. The van der Waals surface area contributed by atoms with Gasteiger partial charge in [0.1, 0.15) is 11.5 Å². The van der Waals surface area contributed by atoms with Crippen LogP contribution < -0.4 is 20.5 Å². The lowest BCUT2D eigenvalue weighted by Crippen LogP contribution is -2.24. The Morgan fingerprint density at radius 3 is 2.68 bits per heavy atom. The zero-order chi connectivity index (χ0) is 14.4. The van der Waals surface area contributed by atoms with Gasteiger partial charge in [0.2, 0.25) is 5.91 Å². The lowest BCUT2D eigenvalue weighted by molar-refractivity contribution is -0.116. The summed E-state index contributed by atoms with van der Waals surface area (Å²) in [6.45, 7) is -1.31. The number of nitrogens with two attached hydrogens (primary N) is 1. The van der Waals surface area contributed by atoms with Gasteiger partial charge in [0, 0.05) is 18.5 Å². The number of carbonyl (C=O) groups excluding carboxylic acids is 1. The maximum atomic E-state index is 12.2. The third-order valence-corrected chi connectivity index (χ3v) is 2.18. The largest absolute Gasteiger partial charge is 0.497 e. The van der Waals surface area contributed by atoms with Gasteiger partial charge in [-0.1, -0.05) is 0 Å². The van der Waals surface area contributed by atoms with Crippen LogP contribution in [0, 0.1) is 0 Å². The molecule has 1 amide bonds. The Morgan fingerprint density at radius 1 is 1.47 bits per heavy atom. The van der Waals surface area contributed by atoms with Crippen molar-refractivity contribution in [1.29, 1.82) is 0 Å². The summed E-state index contributed by atoms with van der Waals surface area (Å²) in [6, 6.07) is 3.83. The summed E-state index contributed by atoms with van der Waals surface area (Å²) < 4.78 is 33.8. The third-order valence-electron chi connectivity index (χ3n) is 2.18. The summed E-state index contributed by atoms with van der Waals surface area (Å²) in [7, 11) is 1.43. The van der Waals surface area contributed by atoms with Crippen molar-refractivity contribution in [1.82, 2.24) is 0 Å². The Bertz CT molecular complexity index is 439. The second-order valence-electron chi connectivity index (χ2n) is 3.97. The number of anilines is 1. The van der Waals surface area contributed by atoms with Gasteiger partial charge in [0.05, 0.1) is 12.8 Å². The van der Waals surface area contributed by atoms with Gasteiger partial charge in [-0.15, -0.1) is 0 Å². The van der Waals surface area contributed by atoms with Crippen LogP contribution in [0.1, 0.15) is 13.3 Å². The van der Waals surface area contributed by atoms with Crippen LogP contribution in [0.25, 0.3) is 0 Å². The molecule has 7 heteroatoms.